The van der Waals surface area contributed by atoms with E-state index in [0.717, 1.165) is 0 Å². The van der Waals surface area contributed by atoms with Gasteiger partial charge in [0.1, 0.15) is 0 Å². The number of nitrogens with one attached hydrogen (secondary N) is 1. The topological polar surface area (TPSA) is 38.0 Å². The van der Waals surface area contributed by atoms with Gasteiger partial charge in [0.2, 0.25) is 0 Å². The van der Waals surface area contributed by atoms with E-state index in [0.29, 0.717) is 12.0 Å². The molecule has 3 N–H and O–H groups in total. The van der Waals surface area contributed by atoms with Gasteiger partial charge < -0.3 is 11.1 Å². The Bertz CT molecular complexity index is 71.3. The Hall–Kier alpha value is -0.0800. The molecule has 0 rings (SSSR count). The minimum Gasteiger partial charge on any atom is -0.328 e. The van der Waals surface area contributed by atoms with Crippen molar-refractivity contribution in [3.63, 3.8) is 0 Å². The Kier molecular flexibility index (Phi) is 3.82. The predicted molar refractivity (Wildman–Crippen MR) is 41.3 cm³/mol. The molecule has 0 amide bonds. The van der Waals surface area contributed by atoms with Crippen LogP contribution in [0.1, 0.15) is 20.8 Å². The number of hydrogen-bond acceptors (Lipinski definition) is 2. The summed E-state index contributed by atoms with van der Waals surface area (Å²) in [5.41, 5.74) is 5.67. The lowest BCUT2D eigenvalue weighted by Gasteiger charge is -2.22. The molecule has 0 spiro atoms. The monoisotopic (exact) mass is 130 g/mol. The second kappa shape index (κ2) is 3.85. The minimum atomic E-state index is 0.285. The fourth-order valence-electron chi connectivity index (χ4n) is 0.718. The molecule has 0 aliphatic rings. The first kappa shape index (κ1) is 8.92. The molecule has 0 aromatic rings. The van der Waals surface area contributed by atoms with Gasteiger partial charge >= 0.3 is 0 Å². The SMILES string of the molecule is CNC(C)C(C)C(C)N. The van der Waals surface area contributed by atoms with Crippen LogP contribution in [-0.2, 0) is 0 Å². The highest BCUT2D eigenvalue weighted by molar-refractivity contribution is 4.73. The summed E-state index contributed by atoms with van der Waals surface area (Å²) in [6.45, 7) is 6.35. The van der Waals surface area contributed by atoms with Crippen molar-refractivity contribution in [3.8, 4) is 0 Å². The highest BCUT2D eigenvalue weighted by atomic mass is 14.9. The van der Waals surface area contributed by atoms with Crippen molar-refractivity contribution >= 4 is 0 Å². The maximum atomic E-state index is 5.67. The Morgan fingerprint density at radius 1 is 1.22 bits per heavy atom. The number of rotatable bonds is 3. The molecular formula is C7H18N2. The van der Waals surface area contributed by atoms with E-state index in [2.05, 4.69) is 19.2 Å². The molecule has 0 heterocycles. The Morgan fingerprint density at radius 2 is 1.67 bits per heavy atom. The minimum absolute atomic E-state index is 0.285. The fourth-order valence-corrected chi connectivity index (χ4v) is 0.718. The van der Waals surface area contributed by atoms with Crippen LogP contribution in [0.3, 0.4) is 0 Å². The molecule has 0 fully saturated rings. The van der Waals surface area contributed by atoms with Crippen LogP contribution < -0.4 is 11.1 Å². The third-order valence-electron chi connectivity index (χ3n) is 2.07. The molecule has 9 heavy (non-hydrogen) atoms. The van der Waals surface area contributed by atoms with Gasteiger partial charge in [0.25, 0.3) is 0 Å². The molecule has 2 heteroatoms. The molecular weight excluding hydrogens is 112 g/mol. The first-order chi connectivity index (χ1) is 4.09. The highest BCUT2D eigenvalue weighted by Gasteiger charge is 2.12. The van der Waals surface area contributed by atoms with Crippen molar-refractivity contribution in [2.45, 2.75) is 32.9 Å². The van der Waals surface area contributed by atoms with E-state index >= 15 is 0 Å². The summed E-state index contributed by atoms with van der Waals surface area (Å²) < 4.78 is 0. The lowest BCUT2D eigenvalue weighted by Crippen LogP contribution is -2.38. The van der Waals surface area contributed by atoms with Crippen LogP contribution in [0.4, 0.5) is 0 Å². The van der Waals surface area contributed by atoms with Gasteiger partial charge in [0.15, 0.2) is 0 Å². The van der Waals surface area contributed by atoms with Crippen molar-refractivity contribution in [2.24, 2.45) is 11.7 Å². The van der Waals surface area contributed by atoms with Crippen molar-refractivity contribution < 1.29 is 0 Å². The first-order valence-electron chi connectivity index (χ1n) is 3.52. The molecule has 0 aromatic carbocycles. The molecule has 0 aliphatic carbocycles. The van der Waals surface area contributed by atoms with Crippen LogP contribution in [0.5, 0.6) is 0 Å². The lowest BCUT2D eigenvalue weighted by molar-refractivity contribution is 0.373. The average Bonchev–Trinajstić information content (AvgIpc) is 1.84. The molecule has 3 atom stereocenters. The zero-order valence-electron chi connectivity index (χ0n) is 6.81. The molecule has 0 radical (unpaired) electrons. The van der Waals surface area contributed by atoms with E-state index in [-0.39, 0.29) is 6.04 Å². The first-order valence-corrected chi connectivity index (χ1v) is 3.52. The zero-order valence-corrected chi connectivity index (χ0v) is 6.81. The molecule has 0 bridgehead atoms. The summed E-state index contributed by atoms with van der Waals surface area (Å²) in [6, 6.07) is 0.803. The van der Waals surface area contributed by atoms with E-state index in [9.17, 15) is 0 Å². The quantitative estimate of drug-likeness (QED) is 0.586. The summed E-state index contributed by atoms with van der Waals surface area (Å²) in [5, 5.41) is 3.17. The molecule has 0 aliphatic heterocycles. The maximum absolute atomic E-state index is 5.67. The zero-order chi connectivity index (χ0) is 7.44. The van der Waals surface area contributed by atoms with Crippen LogP contribution in [0.25, 0.3) is 0 Å². The van der Waals surface area contributed by atoms with E-state index < -0.39 is 0 Å². The average molecular weight is 130 g/mol. The van der Waals surface area contributed by atoms with E-state index in [1.807, 2.05) is 14.0 Å². The maximum Gasteiger partial charge on any atom is 0.00760 e. The van der Waals surface area contributed by atoms with Gasteiger partial charge in [-0.3, -0.25) is 0 Å². The van der Waals surface area contributed by atoms with Crippen molar-refractivity contribution in [1.82, 2.24) is 5.32 Å². The Balaban J connectivity index is 3.58. The lowest BCUT2D eigenvalue weighted by atomic mass is 9.97. The van der Waals surface area contributed by atoms with Gasteiger partial charge in [-0.1, -0.05) is 6.92 Å². The van der Waals surface area contributed by atoms with Gasteiger partial charge in [-0.05, 0) is 26.8 Å². The largest absolute Gasteiger partial charge is 0.328 e. The van der Waals surface area contributed by atoms with Gasteiger partial charge in [0.05, 0.1) is 0 Å². The smallest absolute Gasteiger partial charge is 0.00760 e. The Labute approximate surface area is 57.8 Å². The molecule has 0 saturated heterocycles. The third kappa shape index (κ3) is 2.82. The van der Waals surface area contributed by atoms with Crippen LogP contribution in [0.2, 0.25) is 0 Å². The molecule has 56 valence electrons. The second-order valence-electron chi connectivity index (χ2n) is 2.80. The summed E-state index contributed by atoms with van der Waals surface area (Å²) in [5.74, 6) is 0.551. The van der Waals surface area contributed by atoms with Crippen molar-refractivity contribution in [1.29, 1.82) is 0 Å². The number of nitrogens with two attached hydrogens (primary N) is 1. The highest BCUT2D eigenvalue weighted by Crippen LogP contribution is 2.04. The molecule has 3 unspecified atom stereocenters. The molecule has 2 nitrogen and oxygen atoms in total. The molecule has 0 aromatic heterocycles. The van der Waals surface area contributed by atoms with Crippen LogP contribution >= 0.6 is 0 Å². The summed E-state index contributed by atoms with van der Waals surface area (Å²) >= 11 is 0. The fraction of sp³-hybridized carbons (Fsp3) is 1.00. The normalized spacial score (nSPS) is 21.0. The second-order valence-corrected chi connectivity index (χ2v) is 2.80. The summed E-state index contributed by atoms with van der Waals surface area (Å²) in [7, 11) is 1.96. The van der Waals surface area contributed by atoms with E-state index in [1.54, 1.807) is 0 Å². The summed E-state index contributed by atoms with van der Waals surface area (Å²) in [4.78, 5) is 0. The van der Waals surface area contributed by atoms with E-state index in [4.69, 9.17) is 5.73 Å². The van der Waals surface area contributed by atoms with Gasteiger partial charge in [-0.25, -0.2) is 0 Å². The van der Waals surface area contributed by atoms with Gasteiger partial charge in [-0.2, -0.15) is 0 Å². The van der Waals surface area contributed by atoms with Crippen LogP contribution in [0, 0.1) is 5.92 Å². The van der Waals surface area contributed by atoms with Gasteiger partial charge in [-0.15, -0.1) is 0 Å². The van der Waals surface area contributed by atoms with E-state index in [1.165, 1.54) is 0 Å². The van der Waals surface area contributed by atoms with Crippen molar-refractivity contribution in [3.05, 3.63) is 0 Å². The molecule has 0 saturated carbocycles. The number of hydrogen-bond donors (Lipinski definition) is 2. The third-order valence-corrected chi connectivity index (χ3v) is 2.07. The van der Waals surface area contributed by atoms with Gasteiger partial charge in [0, 0.05) is 12.1 Å². The standard InChI is InChI=1S/C7H18N2/c1-5(6(2)8)7(3)9-4/h5-7,9H,8H2,1-4H3. The van der Waals surface area contributed by atoms with Crippen LogP contribution in [0.15, 0.2) is 0 Å². The van der Waals surface area contributed by atoms with Crippen LogP contribution in [-0.4, -0.2) is 19.1 Å². The Morgan fingerprint density at radius 3 is 1.78 bits per heavy atom. The van der Waals surface area contributed by atoms with Crippen molar-refractivity contribution in [2.75, 3.05) is 7.05 Å². The summed E-state index contributed by atoms with van der Waals surface area (Å²) in [6.07, 6.45) is 0. The predicted octanol–water partition coefficient (Wildman–Crippen LogP) is 0.578.